The number of carbonyl (C=O) groups excluding carboxylic acids is 1. The molecule has 0 bridgehead atoms. The molecule has 0 aromatic carbocycles. The number of thioether (sulfide) groups is 1. The van der Waals surface area contributed by atoms with Gasteiger partial charge in [-0.3, -0.25) is 4.79 Å². The highest BCUT2D eigenvalue weighted by Crippen LogP contribution is 2.15. The summed E-state index contributed by atoms with van der Waals surface area (Å²) in [5, 5.41) is 6.17. The molecule has 0 spiro atoms. The van der Waals surface area contributed by atoms with Crippen LogP contribution in [0.2, 0.25) is 0 Å². The Balaban J connectivity index is 2.11. The van der Waals surface area contributed by atoms with E-state index in [9.17, 15) is 4.79 Å². The highest BCUT2D eigenvalue weighted by Gasteiger charge is 2.28. The molecule has 3 nitrogen and oxygen atoms in total. The summed E-state index contributed by atoms with van der Waals surface area (Å²) in [7, 11) is 0. The zero-order valence-electron chi connectivity index (χ0n) is 9.08. The van der Waals surface area contributed by atoms with Gasteiger partial charge in [0.1, 0.15) is 0 Å². The molecular formula is C11H18N2OS. The van der Waals surface area contributed by atoms with Gasteiger partial charge in [-0.2, -0.15) is 0 Å². The molecule has 1 saturated heterocycles. The second-order valence-corrected chi connectivity index (χ2v) is 4.89. The van der Waals surface area contributed by atoms with Crippen LogP contribution in [0.1, 0.15) is 6.92 Å². The second kappa shape index (κ2) is 6.76. The first-order valence-corrected chi connectivity index (χ1v) is 6.40. The van der Waals surface area contributed by atoms with E-state index in [0.29, 0.717) is 12.5 Å². The van der Waals surface area contributed by atoms with Crippen molar-refractivity contribution < 1.29 is 4.79 Å². The van der Waals surface area contributed by atoms with E-state index in [1.165, 1.54) is 0 Å². The molecular weight excluding hydrogens is 208 g/mol. The van der Waals surface area contributed by atoms with E-state index < -0.39 is 0 Å². The fourth-order valence-electron chi connectivity index (χ4n) is 1.67. The Morgan fingerprint density at radius 1 is 1.67 bits per heavy atom. The fourth-order valence-corrected chi connectivity index (χ4v) is 2.18. The molecule has 2 unspecified atom stereocenters. The summed E-state index contributed by atoms with van der Waals surface area (Å²) < 4.78 is 0. The molecule has 1 rings (SSSR count). The van der Waals surface area contributed by atoms with Gasteiger partial charge in [0.15, 0.2) is 0 Å². The van der Waals surface area contributed by atoms with Crippen molar-refractivity contribution in [3.8, 4) is 12.3 Å². The van der Waals surface area contributed by atoms with Crippen molar-refractivity contribution >= 4 is 17.7 Å². The van der Waals surface area contributed by atoms with Gasteiger partial charge in [0.25, 0.3) is 0 Å². The first-order valence-electron chi connectivity index (χ1n) is 5.25. The molecule has 0 saturated carbocycles. The largest absolute Gasteiger partial charge is 0.355 e. The quantitative estimate of drug-likeness (QED) is 0.524. The molecule has 1 aliphatic heterocycles. The number of hydrogen-bond acceptors (Lipinski definition) is 3. The van der Waals surface area contributed by atoms with E-state index in [4.69, 9.17) is 6.42 Å². The van der Waals surface area contributed by atoms with Gasteiger partial charge >= 0.3 is 0 Å². The molecule has 2 atom stereocenters. The molecule has 4 heteroatoms. The van der Waals surface area contributed by atoms with E-state index >= 15 is 0 Å². The van der Waals surface area contributed by atoms with Crippen molar-refractivity contribution in [3.05, 3.63) is 0 Å². The van der Waals surface area contributed by atoms with Crippen LogP contribution in [-0.2, 0) is 4.79 Å². The van der Waals surface area contributed by atoms with Crippen LogP contribution in [0, 0.1) is 24.2 Å². The molecule has 84 valence electrons. The third kappa shape index (κ3) is 4.15. The van der Waals surface area contributed by atoms with Gasteiger partial charge in [0, 0.05) is 18.8 Å². The first-order chi connectivity index (χ1) is 7.25. The molecule has 0 aromatic heterocycles. The van der Waals surface area contributed by atoms with Crippen LogP contribution in [0.25, 0.3) is 0 Å². The topological polar surface area (TPSA) is 41.1 Å². The molecule has 0 radical (unpaired) electrons. The Morgan fingerprint density at radius 2 is 2.47 bits per heavy atom. The van der Waals surface area contributed by atoms with Crippen LogP contribution in [0.4, 0.5) is 0 Å². The average molecular weight is 226 g/mol. The maximum Gasteiger partial charge on any atom is 0.224 e. The van der Waals surface area contributed by atoms with Crippen LogP contribution in [0.3, 0.4) is 0 Å². The molecule has 15 heavy (non-hydrogen) atoms. The van der Waals surface area contributed by atoms with Crippen molar-refractivity contribution in [1.29, 1.82) is 0 Å². The highest BCUT2D eigenvalue weighted by atomic mass is 32.2. The van der Waals surface area contributed by atoms with Gasteiger partial charge in [0.05, 0.1) is 11.7 Å². The van der Waals surface area contributed by atoms with Crippen LogP contribution in [-0.4, -0.2) is 37.0 Å². The van der Waals surface area contributed by atoms with Crippen LogP contribution >= 0.6 is 11.8 Å². The number of terminal acetylenes is 1. The molecule has 1 heterocycles. The van der Waals surface area contributed by atoms with Crippen molar-refractivity contribution in [2.45, 2.75) is 6.92 Å². The predicted octanol–water partition coefficient (Wildman–Crippen LogP) is 0.324. The van der Waals surface area contributed by atoms with Gasteiger partial charge in [-0.05, 0) is 12.5 Å². The van der Waals surface area contributed by atoms with E-state index in [1.807, 2.05) is 0 Å². The molecule has 0 aliphatic carbocycles. The summed E-state index contributed by atoms with van der Waals surface area (Å²) >= 11 is 1.67. The third-order valence-electron chi connectivity index (χ3n) is 2.59. The molecule has 1 aliphatic rings. The maximum atomic E-state index is 11.7. The van der Waals surface area contributed by atoms with Gasteiger partial charge in [0.2, 0.25) is 5.91 Å². The summed E-state index contributed by atoms with van der Waals surface area (Å²) in [4.78, 5) is 11.7. The summed E-state index contributed by atoms with van der Waals surface area (Å²) in [6, 6.07) is 0. The monoisotopic (exact) mass is 226 g/mol. The summed E-state index contributed by atoms with van der Waals surface area (Å²) in [6.07, 6.45) is 5.12. The minimum absolute atomic E-state index is 0.141. The lowest BCUT2D eigenvalue weighted by molar-refractivity contribution is -0.125. The van der Waals surface area contributed by atoms with Crippen molar-refractivity contribution in [2.24, 2.45) is 11.8 Å². The van der Waals surface area contributed by atoms with Gasteiger partial charge in [-0.1, -0.05) is 12.8 Å². The van der Waals surface area contributed by atoms with Crippen LogP contribution in [0.5, 0.6) is 0 Å². The van der Waals surface area contributed by atoms with Gasteiger partial charge in [-0.25, -0.2) is 0 Å². The van der Waals surface area contributed by atoms with E-state index in [2.05, 4.69) is 23.5 Å². The third-order valence-corrected chi connectivity index (χ3v) is 3.45. The Kier molecular flexibility index (Phi) is 5.59. The van der Waals surface area contributed by atoms with Gasteiger partial charge in [-0.15, -0.1) is 18.2 Å². The maximum absolute atomic E-state index is 11.7. The molecule has 2 N–H and O–H groups in total. The molecule has 1 fully saturated rings. The number of amides is 1. The lowest BCUT2D eigenvalue weighted by atomic mass is 9.97. The van der Waals surface area contributed by atoms with E-state index in [0.717, 1.165) is 24.6 Å². The Labute approximate surface area is 95.8 Å². The minimum atomic E-state index is 0.141. The Hall–Kier alpha value is -0.660. The standard InChI is InChI=1S/C11H18N2OS/c1-3-5-15-6-4-13-11(14)10-8-12-7-9(10)2/h1,9-10,12H,4-8H2,2H3,(H,13,14). The number of nitrogens with one attached hydrogen (secondary N) is 2. The summed E-state index contributed by atoms with van der Waals surface area (Å²) in [5.74, 6) is 4.93. The lowest BCUT2D eigenvalue weighted by Gasteiger charge is -2.13. The summed E-state index contributed by atoms with van der Waals surface area (Å²) in [6.45, 7) is 4.58. The Morgan fingerprint density at radius 3 is 3.07 bits per heavy atom. The van der Waals surface area contributed by atoms with Crippen molar-refractivity contribution in [2.75, 3.05) is 31.1 Å². The predicted molar refractivity (Wildman–Crippen MR) is 64.7 cm³/mol. The number of rotatable bonds is 5. The van der Waals surface area contributed by atoms with E-state index in [-0.39, 0.29) is 11.8 Å². The smallest absolute Gasteiger partial charge is 0.224 e. The summed E-state index contributed by atoms with van der Waals surface area (Å²) in [5.41, 5.74) is 0. The van der Waals surface area contributed by atoms with Crippen molar-refractivity contribution in [3.63, 3.8) is 0 Å². The first kappa shape index (κ1) is 12.4. The molecule has 0 aromatic rings. The van der Waals surface area contributed by atoms with Crippen LogP contribution < -0.4 is 10.6 Å². The zero-order chi connectivity index (χ0) is 11.1. The SMILES string of the molecule is C#CCSCCNC(=O)C1CNCC1C. The zero-order valence-corrected chi connectivity index (χ0v) is 9.90. The number of hydrogen-bond donors (Lipinski definition) is 2. The van der Waals surface area contributed by atoms with Gasteiger partial charge < -0.3 is 10.6 Å². The normalized spacial score (nSPS) is 24.8. The highest BCUT2D eigenvalue weighted by molar-refractivity contribution is 7.99. The Bertz CT molecular complexity index is 249. The second-order valence-electron chi connectivity index (χ2n) is 3.79. The van der Waals surface area contributed by atoms with Crippen molar-refractivity contribution in [1.82, 2.24) is 10.6 Å². The molecule has 1 amide bonds. The van der Waals surface area contributed by atoms with E-state index in [1.54, 1.807) is 11.8 Å². The van der Waals surface area contributed by atoms with Crippen LogP contribution in [0.15, 0.2) is 0 Å². The average Bonchev–Trinajstić information content (AvgIpc) is 2.64. The number of carbonyl (C=O) groups is 1. The fraction of sp³-hybridized carbons (Fsp3) is 0.727. The minimum Gasteiger partial charge on any atom is -0.355 e. The lowest BCUT2D eigenvalue weighted by Crippen LogP contribution is -2.35.